The number of piperidine rings is 1. The van der Waals surface area contributed by atoms with Crippen molar-refractivity contribution in [1.82, 2.24) is 14.7 Å². The summed E-state index contributed by atoms with van der Waals surface area (Å²) in [7, 11) is 1.85. The highest BCUT2D eigenvalue weighted by atomic mass is 16.5. The summed E-state index contributed by atoms with van der Waals surface area (Å²) in [5.41, 5.74) is 2.82. The summed E-state index contributed by atoms with van der Waals surface area (Å²) < 4.78 is 7.77. The molecule has 1 saturated heterocycles. The third-order valence-corrected chi connectivity index (χ3v) is 4.76. The quantitative estimate of drug-likeness (QED) is 0.797. The van der Waals surface area contributed by atoms with E-state index in [1.807, 2.05) is 36.2 Å². The van der Waals surface area contributed by atoms with Crippen LogP contribution in [0.1, 0.15) is 48.4 Å². The summed E-state index contributed by atoms with van der Waals surface area (Å²) in [5.74, 6) is 0.585. The molecule has 1 aromatic carbocycles. The summed E-state index contributed by atoms with van der Waals surface area (Å²) in [5, 5.41) is 4.50. The van der Waals surface area contributed by atoms with Gasteiger partial charge in [0.25, 0.3) is 5.91 Å². The molecule has 0 N–H and O–H groups in total. The van der Waals surface area contributed by atoms with Crippen molar-refractivity contribution >= 4 is 5.91 Å². The zero-order valence-electron chi connectivity index (χ0n) is 16.0. The van der Waals surface area contributed by atoms with Crippen LogP contribution in [-0.2, 0) is 24.8 Å². The number of hydrogen-bond donors (Lipinski definition) is 0. The Hall–Kier alpha value is -2.14. The molecule has 140 valence electrons. The third kappa shape index (κ3) is 4.73. The Bertz CT molecular complexity index is 724. The van der Waals surface area contributed by atoms with E-state index in [9.17, 15) is 4.79 Å². The SMILES string of the molecule is CC(C)Cc1cc(C(=O)N2CCC[C@H](OCc3ccccc3)C2)n(C)n1. The van der Waals surface area contributed by atoms with Gasteiger partial charge in [-0.15, -0.1) is 0 Å². The Kier molecular flexibility index (Phi) is 6.09. The van der Waals surface area contributed by atoms with Crippen LogP contribution in [0.2, 0.25) is 0 Å². The van der Waals surface area contributed by atoms with E-state index in [1.165, 1.54) is 5.56 Å². The molecule has 0 saturated carbocycles. The van der Waals surface area contributed by atoms with Crippen molar-refractivity contribution in [2.45, 2.75) is 45.8 Å². The number of carbonyl (C=O) groups excluding carboxylic acids is 1. The number of ether oxygens (including phenoxy) is 1. The van der Waals surface area contributed by atoms with Gasteiger partial charge in [-0.05, 0) is 36.8 Å². The number of carbonyl (C=O) groups is 1. The van der Waals surface area contributed by atoms with Crippen molar-refractivity contribution < 1.29 is 9.53 Å². The zero-order valence-corrected chi connectivity index (χ0v) is 16.0. The number of hydrogen-bond acceptors (Lipinski definition) is 3. The molecule has 1 aliphatic heterocycles. The first kappa shape index (κ1) is 18.6. The Morgan fingerprint density at radius 1 is 1.31 bits per heavy atom. The number of aromatic nitrogens is 2. The second kappa shape index (κ2) is 8.49. The number of likely N-dealkylation sites (tertiary alicyclic amines) is 1. The third-order valence-electron chi connectivity index (χ3n) is 4.76. The average molecular weight is 355 g/mol. The van der Waals surface area contributed by atoms with Crippen LogP contribution in [0.5, 0.6) is 0 Å². The first-order valence-electron chi connectivity index (χ1n) is 9.50. The van der Waals surface area contributed by atoms with Gasteiger partial charge >= 0.3 is 0 Å². The largest absolute Gasteiger partial charge is 0.372 e. The van der Waals surface area contributed by atoms with Gasteiger partial charge < -0.3 is 9.64 Å². The lowest BCUT2D eigenvalue weighted by molar-refractivity contribution is -0.00702. The summed E-state index contributed by atoms with van der Waals surface area (Å²) in [6, 6.07) is 12.1. The van der Waals surface area contributed by atoms with E-state index >= 15 is 0 Å². The first-order valence-corrected chi connectivity index (χ1v) is 9.50. The molecule has 0 radical (unpaired) electrons. The molecule has 0 unspecified atom stereocenters. The van der Waals surface area contributed by atoms with Crippen molar-refractivity contribution in [2.24, 2.45) is 13.0 Å². The maximum atomic E-state index is 12.9. The van der Waals surface area contributed by atoms with Crippen molar-refractivity contribution in [2.75, 3.05) is 13.1 Å². The standard InChI is InChI=1S/C21H29N3O2/c1-16(2)12-18-13-20(23(3)22-18)21(25)24-11-7-10-19(14-24)26-15-17-8-5-4-6-9-17/h4-6,8-9,13,16,19H,7,10-12,14-15H2,1-3H3/t19-/m0/s1. The molecule has 1 fully saturated rings. The molecule has 5 heteroatoms. The second-order valence-corrected chi connectivity index (χ2v) is 7.55. The topological polar surface area (TPSA) is 47.4 Å². The molecule has 26 heavy (non-hydrogen) atoms. The maximum absolute atomic E-state index is 12.9. The fourth-order valence-corrected chi connectivity index (χ4v) is 3.45. The molecule has 3 rings (SSSR count). The van der Waals surface area contributed by atoms with Gasteiger partial charge in [0.1, 0.15) is 5.69 Å². The van der Waals surface area contributed by atoms with E-state index < -0.39 is 0 Å². The molecule has 1 atom stereocenters. The van der Waals surface area contributed by atoms with Crippen molar-refractivity contribution in [3.05, 3.63) is 53.3 Å². The Balaban J connectivity index is 1.60. The monoisotopic (exact) mass is 355 g/mol. The van der Waals surface area contributed by atoms with Crippen LogP contribution in [0.15, 0.2) is 36.4 Å². The van der Waals surface area contributed by atoms with E-state index in [1.54, 1.807) is 4.68 Å². The number of nitrogens with zero attached hydrogens (tertiary/aromatic N) is 3. The summed E-state index contributed by atoms with van der Waals surface area (Å²) in [6.07, 6.45) is 2.96. The molecular weight excluding hydrogens is 326 g/mol. The Labute approximate surface area is 156 Å². The van der Waals surface area contributed by atoms with Gasteiger partial charge in [-0.2, -0.15) is 5.10 Å². The smallest absolute Gasteiger partial charge is 0.272 e. The molecule has 1 aliphatic rings. The number of rotatable bonds is 6. The predicted octanol–water partition coefficient (Wildman–Crippen LogP) is 3.44. The molecule has 1 aromatic heterocycles. The van der Waals surface area contributed by atoms with Crippen LogP contribution in [0, 0.1) is 5.92 Å². The van der Waals surface area contributed by atoms with Crippen LogP contribution >= 0.6 is 0 Å². The minimum Gasteiger partial charge on any atom is -0.372 e. The first-order chi connectivity index (χ1) is 12.5. The van der Waals surface area contributed by atoms with Gasteiger partial charge in [0.2, 0.25) is 0 Å². The van der Waals surface area contributed by atoms with Crippen LogP contribution in [-0.4, -0.2) is 39.8 Å². The fraction of sp³-hybridized carbons (Fsp3) is 0.524. The molecule has 0 aliphatic carbocycles. The highest BCUT2D eigenvalue weighted by Crippen LogP contribution is 2.18. The fourth-order valence-electron chi connectivity index (χ4n) is 3.45. The number of benzene rings is 1. The van der Waals surface area contributed by atoms with E-state index in [4.69, 9.17) is 4.74 Å². The van der Waals surface area contributed by atoms with Gasteiger partial charge in [-0.25, -0.2) is 0 Å². The lowest BCUT2D eigenvalue weighted by atomic mass is 10.1. The summed E-state index contributed by atoms with van der Waals surface area (Å²) >= 11 is 0. The Morgan fingerprint density at radius 3 is 2.81 bits per heavy atom. The van der Waals surface area contributed by atoms with E-state index in [0.717, 1.165) is 31.5 Å². The normalized spacial score (nSPS) is 17.7. The van der Waals surface area contributed by atoms with Crippen LogP contribution in [0.4, 0.5) is 0 Å². The van der Waals surface area contributed by atoms with E-state index in [0.29, 0.717) is 24.8 Å². The average Bonchev–Trinajstić information content (AvgIpc) is 3.00. The van der Waals surface area contributed by atoms with Gasteiger partial charge in [0.05, 0.1) is 18.4 Å². The number of aryl methyl sites for hydroxylation is 1. The highest BCUT2D eigenvalue weighted by molar-refractivity contribution is 5.92. The minimum absolute atomic E-state index is 0.0583. The van der Waals surface area contributed by atoms with Crippen LogP contribution in [0.3, 0.4) is 0 Å². The molecule has 2 heterocycles. The van der Waals surface area contributed by atoms with Crippen molar-refractivity contribution in [1.29, 1.82) is 0 Å². The highest BCUT2D eigenvalue weighted by Gasteiger charge is 2.27. The molecule has 0 spiro atoms. The van der Waals surface area contributed by atoms with E-state index in [-0.39, 0.29) is 12.0 Å². The lowest BCUT2D eigenvalue weighted by Crippen LogP contribution is -2.43. The summed E-state index contributed by atoms with van der Waals surface area (Å²) in [6.45, 7) is 6.35. The van der Waals surface area contributed by atoms with Gasteiger partial charge in [0, 0.05) is 20.1 Å². The molecule has 1 amide bonds. The van der Waals surface area contributed by atoms with Crippen LogP contribution in [0.25, 0.3) is 0 Å². The predicted molar refractivity (Wildman–Crippen MR) is 102 cm³/mol. The van der Waals surface area contributed by atoms with Gasteiger partial charge in [-0.3, -0.25) is 9.48 Å². The molecule has 2 aromatic rings. The zero-order chi connectivity index (χ0) is 18.5. The van der Waals surface area contributed by atoms with E-state index in [2.05, 4.69) is 31.1 Å². The van der Waals surface area contributed by atoms with Gasteiger partial charge in [0.15, 0.2) is 0 Å². The van der Waals surface area contributed by atoms with Crippen molar-refractivity contribution in [3.63, 3.8) is 0 Å². The van der Waals surface area contributed by atoms with Gasteiger partial charge in [-0.1, -0.05) is 44.2 Å². The van der Waals surface area contributed by atoms with Crippen LogP contribution < -0.4 is 0 Å². The Morgan fingerprint density at radius 2 is 2.08 bits per heavy atom. The maximum Gasteiger partial charge on any atom is 0.272 e. The second-order valence-electron chi connectivity index (χ2n) is 7.55. The summed E-state index contributed by atoms with van der Waals surface area (Å²) in [4.78, 5) is 14.9. The van der Waals surface area contributed by atoms with Crippen molar-refractivity contribution in [3.8, 4) is 0 Å². The lowest BCUT2D eigenvalue weighted by Gasteiger charge is -2.32. The molecule has 5 nitrogen and oxygen atoms in total. The minimum atomic E-state index is 0.0583. The number of amides is 1. The molecule has 0 bridgehead atoms. The molecular formula is C21H29N3O2.